The molecule has 0 saturated carbocycles. The summed E-state index contributed by atoms with van der Waals surface area (Å²) >= 11 is 0. The van der Waals surface area contributed by atoms with Gasteiger partial charge in [-0.3, -0.25) is 4.99 Å². The summed E-state index contributed by atoms with van der Waals surface area (Å²) in [5, 5.41) is 6.73. The van der Waals surface area contributed by atoms with E-state index in [0.717, 1.165) is 38.5 Å². The Labute approximate surface area is 163 Å². The molecule has 6 heteroatoms. The number of nitrogens with one attached hydrogen (secondary N) is 2. The standard InChI is InChI=1S/C18H31N3O2.HI/c1-4-16(17-9-6-5-7-10-17)15-21-18(19-2)20-11-8-12-23-14-13-22-3;/h5-7,9-10,16H,4,8,11-15H2,1-3H3,(H2,19,20,21);1H. The Hall–Kier alpha value is -0.860. The van der Waals surface area contributed by atoms with Crippen LogP contribution in [0.5, 0.6) is 0 Å². The maximum Gasteiger partial charge on any atom is 0.190 e. The van der Waals surface area contributed by atoms with Crippen LogP contribution in [0.4, 0.5) is 0 Å². The highest BCUT2D eigenvalue weighted by Crippen LogP contribution is 2.17. The summed E-state index contributed by atoms with van der Waals surface area (Å²) in [5.41, 5.74) is 1.37. The summed E-state index contributed by atoms with van der Waals surface area (Å²) in [6.07, 6.45) is 2.04. The summed E-state index contributed by atoms with van der Waals surface area (Å²) in [4.78, 5) is 4.27. The molecule has 0 bridgehead atoms. The molecule has 1 unspecified atom stereocenters. The van der Waals surface area contributed by atoms with Gasteiger partial charge in [-0.2, -0.15) is 0 Å². The predicted octanol–water partition coefficient (Wildman–Crippen LogP) is 3.02. The van der Waals surface area contributed by atoms with E-state index in [0.29, 0.717) is 19.1 Å². The Morgan fingerprint density at radius 1 is 1.12 bits per heavy atom. The average Bonchev–Trinajstić information content (AvgIpc) is 2.60. The van der Waals surface area contributed by atoms with Gasteiger partial charge in [-0.1, -0.05) is 37.3 Å². The van der Waals surface area contributed by atoms with Crippen LogP contribution in [0.2, 0.25) is 0 Å². The van der Waals surface area contributed by atoms with Crippen molar-refractivity contribution < 1.29 is 9.47 Å². The Kier molecular flexibility index (Phi) is 15.1. The van der Waals surface area contributed by atoms with Crippen molar-refractivity contribution in [2.75, 3.05) is 47.1 Å². The first-order chi connectivity index (χ1) is 11.3. The van der Waals surface area contributed by atoms with Crippen LogP contribution in [0, 0.1) is 0 Å². The van der Waals surface area contributed by atoms with Gasteiger partial charge in [0.05, 0.1) is 13.2 Å². The van der Waals surface area contributed by atoms with Crippen molar-refractivity contribution in [2.45, 2.75) is 25.7 Å². The van der Waals surface area contributed by atoms with Crippen LogP contribution >= 0.6 is 24.0 Å². The molecule has 24 heavy (non-hydrogen) atoms. The van der Waals surface area contributed by atoms with E-state index in [2.05, 4.69) is 52.9 Å². The highest BCUT2D eigenvalue weighted by Gasteiger charge is 2.09. The van der Waals surface area contributed by atoms with Gasteiger partial charge < -0.3 is 20.1 Å². The predicted molar refractivity (Wildman–Crippen MR) is 112 cm³/mol. The molecule has 2 N–H and O–H groups in total. The highest BCUT2D eigenvalue weighted by molar-refractivity contribution is 14.0. The molecule has 0 aliphatic rings. The van der Waals surface area contributed by atoms with Crippen molar-refractivity contribution in [1.29, 1.82) is 0 Å². The molecule has 0 saturated heterocycles. The lowest BCUT2D eigenvalue weighted by atomic mass is 9.97. The maximum atomic E-state index is 5.44. The number of benzene rings is 1. The van der Waals surface area contributed by atoms with E-state index < -0.39 is 0 Å². The van der Waals surface area contributed by atoms with Gasteiger partial charge in [0.25, 0.3) is 0 Å². The lowest BCUT2D eigenvalue weighted by Gasteiger charge is -2.18. The molecule has 1 aromatic rings. The minimum Gasteiger partial charge on any atom is -0.382 e. The molecule has 1 rings (SSSR count). The van der Waals surface area contributed by atoms with E-state index in [1.165, 1.54) is 5.56 Å². The first-order valence-electron chi connectivity index (χ1n) is 8.38. The van der Waals surface area contributed by atoms with Crippen molar-refractivity contribution >= 4 is 29.9 Å². The first kappa shape index (κ1) is 23.1. The second-order valence-electron chi connectivity index (χ2n) is 5.35. The van der Waals surface area contributed by atoms with Crippen molar-refractivity contribution in [3.05, 3.63) is 35.9 Å². The molecule has 0 heterocycles. The fraction of sp³-hybridized carbons (Fsp3) is 0.611. The number of halogens is 1. The number of rotatable bonds is 11. The fourth-order valence-electron chi connectivity index (χ4n) is 2.29. The SMILES string of the molecule is CCC(CNC(=NC)NCCCOCCOC)c1ccccc1.I. The highest BCUT2D eigenvalue weighted by atomic mass is 127. The van der Waals surface area contributed by atoms with Gasteiger partial charge in [0.1, 0.15) is 0 Å². The molecule has 1 atom stereocenters. The Bertz CT molecular complexity index is 430. The normalized spacial score (nSPS) is 12.4. The summed E-state index contributed by atoms with van der Waals surface area (Å²) in [5.74, 6) is 1.34. The second kappa shape index (κ2) is 15.7. The fourth-order valence-corrected chi connectivity index (χ4v) is 2.29. The lowest BCUT2D eigenvalue weighted by Crippen LogP contribution is -2.40. The van der Waals surface area contributed by atoms with Crippen LogP contribution in [0.1, 0.15) is 31.2 Å². The number of guanidine groups is 1. The quantitative estimate of drug-likeness (QED) is 0.236. The van der Waals surface area contributed by atoms with Gasteiger partial charge in [0.2, 0.25) is 0 Å². The smallest absolute Gasteiger partial charge is 0.190 e. The Balaban J connectivity index is 0.00000529. The van der Waals surface area contributed by atoms with Gasteiger partial charge in [-0.25, -0.2) is 0 Å². The zero-order valence-electron chi connectivity index (χ0n) is 15.1. The number of hydrogen-bond donors (Lipinski definition) is 2. The third kappa shape index (κ3) is 10.1. The van der Waals surface area contributed by atoms with E-state index >= 15 is 0 Å². The van der Waals surface area contributed by atoms with Gasteiger partial charge in [-0.05, 0) is 18.4 Å². The third-order valence-corrected chi connectivity index (χ3v) is 3.69. The molecule has 0 spiro atoms. The van der Waals surface area contributed by atoms with Gasteiger partial charge in [-0.15, -0.1) is 24.0 Å². The van der Waals surface area contributed by atoms with Gasteiger partial charge in [0.15, 0.2) is 5.96 Å². The van der Waals surface area contributed by atoms with E-state index in [1.807, 2.05) is 0 Å². The molecular formula is C18H32IN3O2. The lowest BCUT2D eigenvalue weighted by molar-refractivity contribution is 0.0698. The maximum absolute atomic E-state index is 5.44. The van der Waals surface area contributed by atoms with Crippen LogP contribution in [0.15, 0.2) is 35.3 Å². The van der Waals surface area contributed by atoms with Crippen molar-refractivity contribution in [2.24, 2.45) is 4.99 Å². The van der Waals surface area contributed by atoms with Crippen molar-refractivity contribution in [1.82, 2.24) is 10.6 Å². The first-order valence-corrected chi connectivity index (χ1v) is 8.38. The minimum atomic E-state index is 0. The van der Waals surface area contributed by atoms with Crippen molar-refractivity contribution in [3.63, 3.8) is 0 Å². The molecular weight excluding hydrogens is 417 g/mol. The van der Waals surface area contributed by atoms with E-state index in [4.69, 9.17) is 9.47 Å². The number of hydrogen-bond acceptors (Lipinski definition) is 3. The number of nitrogens with zero attached hydrogens (tertiary/aromatic N) is 1. The number of ether oxygens (including phenoxy) is 2. The molecule has 0 radical (unpaired) electrons. The van der Waals surface area contributed by atoms with Crippen LogP contribution < -0.4 is 10.6 Å². The van der Waals surface area contributed by atoms with Crippen LogP contribution in [-0.2, 0) is 9.47 Å². The Morgan fingerprint density at radius 2 is 1.88 bits per heavy atom. The van der Waals surface area contributed by atoms with Crippen molar-refractivity contribution in [3.8, 4) is 0 Å². The molecule has 0 amide bonds. The molecule has 0 aliphatic carbocycles. The third-order valence-electron chi connectivity index (χ3n) is 3.69. The molecule has 5 nitrogen and oxygen atoms in total. The molecule has 1 aromatic carbocycles. The average molecular weight is 449 g/mol. The van der Waals surface area contributed by atoms with E-state index in [9.17, 15) is 0 Å². The second-order valence-corrected chi connectivity index (χ2v) is 5.35. The molecule has 0 aromatic heterocycles. The summed E-state index contributed by atoms with van der Waals surface area (Å²) < 4.78 is 10.4. The van der Waals surface area contributed by atoms with Crippen LogP contribution in [-0.4, -0.2) is 53.0 Å². The van der Waals surface area contributed by atoms with E-state index in [-0.39, 0.29) is 24.0 Å². The molecule has 138 valence electrons. The van der Waals surface area contributed by atoms with Gasteiger partial charge >= 0.3 is 0 Å². The summed E-state index contributed by atoms with van der Waals surface area (Å²) in [6.45, 7) is 5.97. The monoisotopic (exact) mass is 449 g/mol. The molecule has 0 aliphatic heterocycles. The van der Waals surface area contributed by atoms with Crippen LogP contribution in [0.25, 0.3) is 0 Å². The molecule has 0 fully saturated rings. The minimum absolute atomic E-state index is 0. The van der Waals surface area contributed by atoms with Gasteiger partial charge in [0, 0.05) is 39.8 Å². The van der Waals surface area contributed by atoms with E-state index in [1.54, 1.807) is 14.2 Å². The largest absolute Gasteiger partial charge is 0.382 e. The summed E-state index contributed by atoms with van der Waals surface area (Å²) in [6, 6.07) is 10.6. The zero-order valence-corrected chi connectivity index (χ0v) is 17.4. The number of methoxy groups -OCH3 is 1. The Morgan fingerprint density at radius 3 is 2.50 bits per heavy atom. The van der Waals surface area contributed by atoms with Crippen LogP contribution in [0.3, 0.4) is 0 Å². The number of aliphatic imine (C=N–C) groups is 1. The zero-order chi connectivity index (χ0) is 16.8. The summed E-state index contributed by atoms with van der Waals surface area (Å²) in [7, 11) is 3.48. The topological polar surface area (TPSA) is 54.9 Å².